The van der Waals surface area contributed by atoms with Crippen LogP contribution in [0.1, 0.15) is 24.1 Å². The molecule has 2 aromatic rings. The first-order valence-electron chi connectivity index (χ1n) is 5.60. The van der Waals surface area contributed by atoms with Crippen molar-refractivity contribution in [2.75, 3.05) is 0 Å². The maximum absolute atomic E-state index is 5.95. The Bertz CT molecular complexity index is 554. The van der Waals surface area contributed by atoms with Gasteiger partial charge in [0.1, 0.15) is 16.0 Å². The molecule has 0 atom stereocenters. The van der Waals surface area contributed by atoms with E-state index in [-0.39, 0.29) is 0 Å². The van der Waals surface area contributed by atoms with Crippen molar-refractivity contribution < 1.29 is 0 Å². The van der Waals surface area contributed by atoms with Gasteiger partial charge in [0.25, 0.3) is 0 Å². The van der Waals surface area contributed by atoms with Crippen LogP contribution in [0.25, 0.3) is 0 Å². The van der Waals surface area contributed by atoms with E-state index in [1.54, 1.807) is 6.07 Å². The van der Waals surface area contributed by atoms with Crippen molar-refractivity contribution in [3.05, 3.63) is 34.5 Å². The molecule has 18 heavy (non-hydrogen) atoms. The number of hydrogen-bond acceptors (Lipinski definition) is 5. The molecule has 0 radical (unpaired) electrons. The zero-order valence-corrected chi connectivity index (χ0v) is 12.0. The quantitative estimate of drug-likeness (QED) is 0.638. The average molecular weight is 281 g/mol. The highest BCUT2D eigenvalue weighted by Crippen LogP contribution is 2.25. The Balaban J connectivity index is 2.30. The summed E-state index contributed by atoms with van der Waals surface area (Å²) in [6.45, 7) is 5.89. The number of rotatable bonds is 3. The molecule has 94 valence electrons. The van der Waals surface area contributed by atoms with E-state index in [1.807, 2.05) is 26.8 Å². The molecule has 0 aliphatic rings. The van der Waals surface area contributed by atoms with Gasteiger partial charge in [0, 0.05) is 23.9 Å². The van der Waals surface area contributed by atoms with Gasteiger partial charge in [-0.05, 0) is 31.7 Å². The zero-order chi connectivity index (χ0) is 13.1. The molecule has 0 fully saturated rings. The van der Waals surface area contributed by atoms with E-state index in [2.05, 4.69) is 19.9 Å². The summed E-state index contributed by atoms with van der Waals surface area (Å²) in [5.74, 6) is 0.731. The molecular weight excluding hydrogens is 268 g/mol. The lowest BCUT2D eigenvalue weighted by atomic mass is 10.4. The van der Waals surface area contributed by atoms with Gasteiger partial charge < -0.3 is 0 Å². The summed E-state index contributed by atoms with van der Waals surface area (Å²) in [6, 6.07) is 3.67. The molecule has 2 rings (SSSR count). The molecular formula is C12H13ClN4S. The highest BCUT2D eigenvalue weighted by atomic mass is 35.5. The molecule has 0 saturated carbocycles. The standard InChI is InChI=1S/C12H13ClN4S/c1-4-10-16-9(13)6-11(17-10)18-12-14-7(2)5-8(3)15-12/h5-6H,4H2,1-3H3. The predicted octanol–water partition coefficient (Wildman–Crippen LogP) is 3.25. The average Bonchev–Trinajstić information content (AvgIpc) is 2.26. The van der Waals surface area contributed by atoms with Gasteiger partial charge in [-0.25, -0.2) is 19.9 Å². The molecule has 0 aromatic carbocycles. The topological polar surface area (TPSA) is 51.6 Å². The normalized spacial score (nSPS) is 10.7. The molecule has 2 heterocycles. The lowest BCUT2D eigenvalue weighted by Crippen LogP contribution is -1.97. The molecule has 0 aliphatic carbocycles. The predicted molar refractivity (Wildman–Crippen MR) is 72.0 cm³/mol. The van der Waals surface area contributed by atoms with Crippen LogP contribution in [0.3, 0.4) is 0 Å². The molecule has 0 spiro atoms. The Morgan fingerprint density at radius 2 is 1.72 bits per heavy atom. The summed E-state index contributed by atoms with van der Waals surface area (Å²) in [5, 5.41) is 1.91. The van der Waals surface area contributed by atoms with Crippen LogP contribution in [0.5, 0.6) is 0 Å². The maximum Gasteiger partial charge on any atom is 0.194 e. The fraction of sp³-hybridized carbons (Fsp3) is 0.333. The molecule has 0 unspecified atom stereocenters. The minimum Gasteiger partial charge on any atom is -0.228 e. The van der Waals surface area contributed by atoms with Crippen molar-refractivity contribution in [1.82, 2.24) is 19.9 Å². The van der Waals surface area contributed by atoms with Gasteiger partial charge in [-0.3, -0.25) is 0 Å². The van der Waals surface area contributed by atoms with Gasteiger partial charge in [0.15, 0.2) is 5.16 Å². The molecule has 0 aliphatic heterocycles. The van der Waals surface area contributed by atoms with Crippen LogP contribution >= 0.6 is 23.4 Å². The minimum atomic E-state index is 0.453. The SMILES string of the molecule is CCc1nc(Cl)cc(Sc2nc(C)cc(C)n2)n1. The Labute approximate surface area is 115 Å². The zero-order valence-electron chi connectivity index (χ0n) is 10.4. The van der Waals surface area contributed by atoms with Crippen LogP contribution in [0.15, 0.2) is 22.3 Å². The third-order valence-corrected chi connectivity index (χ3v) is 3.17. The van der Waals surface area contributed by atoms with Gasteiger partial charge in [-0.2, -0.15) is 0 Å². The lowest BCUT2D eigenvalue weighted by Gasteiger charge is -2.04. The molecule has 0 amide bonds. The number of hydrogen-bond donors (Lipinski definition) is 0. The number of aromatic nitrogens is 4. The van der Waals surface area contributed by atoms with Gasteiger partial charge >= 0.3 is 0 Å². The van der Waals surface area contributed by atoms with Crippen molar-refractivity contribution >= 4 is 23.4 Å². The van der Waals surface area contributed by atoms with Gasteiger partial charge in [0.2, 0.25) is 0 Å². The largest absolute Gasteiger partial charge is 0.228 e. The van der Waals surface area contributed by atoms with Gasteiger partial charge in [-0.15, -0.1) is 0 Å². The smallest absolute Gasteiger partial charge is 0.194 e. The lowest BCUT2D eigenvalue weighted by molar-refractivity contribution is 0.872. The summed E-state index contributed by atoms with van der Waals surface area (Å²) in [6.07, 6.45) is 0.752. The first-order valence-corrected chi connectivity index (χ1v) is 6.80. The molecule has 0 saturated heterocycles. The highest BCUT2D eigenvalue weighted by Gasteiger charge is 2.07. The first-order chi connectivity index (χ1) is 8.56. The van der Waals surface area contributed by atoms with Crippen LogP contribution in [0.2, 0.25) is 5.15 Å². The Morgan fingerprint density at radius 3 is 2.33 bits per heavy atom. The number of halogens is 1. The van der Waals surface area contributed by atoms with E-state index in [9.17, 15) is 0 Å². The molecule has 0 N–H and O–H groups in total. The van der Waals surface area contributed by atoms with Crippen molar-refractivity contribution in [2.24, 2.45) is 0 Å². The minimum absolute atomic E-state index is 0.453. The fourth-order valence-electron chi connectivity index (χ4n) is 1.49. The Hall–Kier alpha value is -1.20. The van der Waals surface area contributed by atoms with Crippen molar-refractivity contribution in [2.45, 2.75) is 37.4 Å². The van der Waals surface area contributed by atoms with E-state index in [1.165, 1.54) is 11.8 Å². The van der Waals surface area contributed by atoms with Crippen molar-refractivity contribution in [1.29, 1.82) is 0 Å². The van der Waals surface area contributed by atoms with E-state index < -0.39 is 0 Å². The Morgan fingerprint density at radius 1 is 1.06 bits per heavy atom. The third kappa shape index (κ3) is 3.40. The summed E-state index contributed by atoms with van der Waals surface area (Å²) < 4.78 is 0. The van der Waals surface area contributed by atoms with Crippen LogP contribution in [0, 0.1) is 13.8 Å². The second kappa shape index (κ2) is 5.63. The second-order valence-electron chi connectivity index (χ2n) is 3.83. The number of aryl methyl sites for hydroxylation is 3. The number of nitrogens with zero attached hydrogens (tertiary/aromatic N) is 4. The van der Waals surface area contributed by atoms with Gasteiger partial charge in [-0.1, -0.05) is 18.5 Å². The summed E-state index contributed by atoms with van der Waals surface area (Å²) in [4.78, 5) is 17.2. The highest BCUT2D eigenvalue weighted by molar-refractivity contribution is 7.99. The van der Waals surface area contributed by atoms with E-state index >= 15 is 0 Å². The fourth-order valence-corrected chi connectivity index (χ4v) is 2.64. The van der Waals surface area contributed by atoms with E-state index in [0.29, 0.717) is 10.3 Å². The van der Waals surface area contributed by atoms with Crippen molar-refractivity contribution in [3.63, 3.8) is 0 Å². The first kappa shape index (κ1) is 13.2. The monoisotopic (exact) mass is 280 g/mol. The summed E-state index contributed by atoms with van der Waals surface area (Å²) in [7, 11) is 0. The third-order valence-electron chi connectivity index (χ3n) is 2.19. The van der Waals surface area contributed by atoms with E-state index in [0.717, 1.165) is 28.7 Å². The maximum atomic E-state index is 5.95. The van der Waals surface area contributed by atoms with Crippen LogP contribution in [0.4, 0.5) is 0 Å². The summed E-state index contributed by atoms with van der Waals surface area (Å²) >= 11 is 7.35. The van der Waals surface area contributed by atoms with E-state index in [4.69, 9.17) is 11.6 Å². The Kier molecular flexibility index (Phi) is 4.14. The second-order valence-corrected chi connectivity index (χ2v) is 5.21. The van der Waals surface area contributed by atoms with Crippen LogP contribution in [-0.2, 0) is 6.42 Å². The molecule has 6 heteroatoms. The molecule has 2 aromatic heterocycles. The summed E-state index contributed by atoms with van der Waals surface area (Å²) in [5.41, 5.74) is 1.89. The van der Waals surface area contributed by atoms with Crippen molar-refractivity contribution in [3.8, 4) is 0 Å². The van der Waals surface area contributed by atoms with Crippen LogP contribution < -0.4 is 0 Å². The molecule has 0 bridgehead atoms. The van der Waals surface area contributed by atoms with Gasteiger partial charge in [0.05, 0.1) is 0 Å². The molecule has 4 nitrogen and oxygen atoms in total. The van der Waals surface area contributed by atoms with Crippen LogP contribution in [-0.4, -0.2) is 19.9 Å².